The Kier molecular flexibility index (Phi) is 5.99. The first-order valence-electron chi connectivity index (χ1n) is 8.98. The highest BCUT2D eigenvalue weighted by atomic mass is 16.2. The number of nitrogens with zero attached hydrogens (tertiary/aromatic N) is 2. The summed E-state index contributed by atoms with van der Waals surface area (Å²) in [4.78, 5) is 24.5. The highest BCUT2D eigenvalue weighted by Gasteiger charge is 2.19. The fraction of sp³-hybridized carbons (Fsp3) is 0.190. The van der Waals surface area contributed by atoms with Crippen LogP contribution in [-0.2, 0) is 4.79 Å². The van der Waals surface area contributed by atoms with Crippen molar-refractivity contribution < 1.29 is 9.59 Å². The number of carbonyl (C=O) groups is 2. The molecule has 0 aliphatic heterocycles. The number of benzene rings is 2. The van der Waals surface area contributed by atoms with Gasteiger partial charge in [-0.2, -0.15) is 5.10 Å². The third kappa shape index (κ3) is 4.61. The van der Waals surface area contributed by atoms with Crippen molar-refractivity contribution in [2.45, 2.75) is 26.2 Å². The lowest BCUT2D eigenvalue weighted by Crippen LogP contribution is -2.41. The Morgan fingerprint density at radius 1 is 0.963 bits per heavy atom. The second-order valence-electron chi connectivity index (χ2n) is 6.14. The Morgan fingerprint density at radius 3 is 2.30 bits per heavy atom. The van der Waals surface area contributed by atoms with Crippen molar-refractivity contribution in [3.8, 4) is 16.9 Å². The average molecular weight is 362 g/mol. The van der Waals surface area contributed by atoms with Crippen LogP contribution in [0.15, 0.2) is 66.9 Å². The molecule has 0 radical (unpaired) electrons. The van der Waals surface area contributed by atoms with Crippen LogP contribution in [0.4, 0.5) is 0 Å². The molecule has 3 aromatic rings. The molecule has 1 heterocycles. The van der Waals surface area contributed by atoms with Crippen molar-refractivity contribution in [1.82, 2.24) is 20.6 Å². The summed E-state index contributed by atoms with van der Waals surface area (Å²) in [5.41, 5.74) is 7.58. The molecule has 0 aliphatic rings. The van der Waals surface area contributed by atoms with Crippen LogP contribution in [0, 0.1) is 0 Å². The van der Waals surface area contributed by atoms with Crippen LogP contribution >= 0.6 is 0 Å². The van der Waals surface area contributed by atoms with E-state index in [9.17, 15) is 9.59 Å². The second kappa shape index (κ2) is 8.80. The molecule has 3 rings (SSSR count). The van der Waals surface area contributed by atoms with Gasteiger partial charge in [-0.15, -0.1) is 0 Å². The highest BCUT2D eigenvalue weighted by Crippen LogP contribution is 2.23. The summed E-state index contributed by atoms with van der Waals surface area (Å²) < 4.78 is 1.66. The Labute approximate surface area is 158 Å². The third-order valence-corrected chi connectivity index (χ3v) is 4.10. The number of aromatic nitrogens is 2. The van der Waals surface area contributed by atoms with Gasteiger partial charge in [0.25, 0.3) is 5.91 Å². The molecule has 27 heavy (non-hydrogen) atoms. The first-order chi connectivity index (χ1) is 13.2. The maximum absolute atomic E-state index is 12.7. The standard InChI is InChI=1S/C21H22N4O2/c1-2-3-14-19(26)22-23-21(27)18-15-25(17-12-8-5-9-13-17)24-20(18)16-10-6-4-7-11-16/h4-13,15H,2-3,14H2,1H3,(H,22,26)(H,23,27). The first kappa shape index (κ1) is 18.4. The quantitative estimate of drug-likeness (QED) is 0.659. The van der Waals surface area contributed by atoms with Crippen molar-refractivity contribution in [3.63, 3.8) is 0 Å². The number of nitrogens with one attached hydrogen (secondary N) is 2. The number of rotatable bonds is 6. The molecule has 0 saturated carbocycles. The minimum Gasteiger partial charge on any atom is -0.273 e. The van der Waals surface area contributed by atoms with Crippen LogP contribution in [0.1, 0.15) is 36.5 Å². The summed E-state index contributed by atoms with van der Waals surface area (Å²) in [6.07, 6.45) is 3.75. The van der Waals surface area contributed by atoms with Crippen LogP contribution in [-0.4, -0.2) is 21.6 Å². The Morgan fingerprint density at radius 2 is 1.63 bits per heavy atom. The van der Waals surface area contributed by atoms with Gasteiger partial charge in [-0.3, -0.25) is 20.4 Å². The molecular weight excluding hydrogens is 340 g/mol. The predicted octanol–water partition coefficient (Wildman–Crippen LogP) is 3.49. The molecule has 1 aromatic heterocycles. The number of hydrogen-bond acceptors (Lipinski definition) is 3. The van der Waals surface area contributed by atoms with E-state index >= 15 is 0 Å². The monoisotopic (exact) mass is 362 g/mol. The van der Waals surface area contributed by atoms with Gasteiger partial charge in [0.15, 0.2) is 0 Å². The summed E-state index contributed by atoms with van der Waals surface area (Å²) in [7, 11) is 0. The maximum atomic E-state index is 12.7. The third-order valence-electron chi connectivity index (χ3n) is 4.10. The van der Waals surface area contributed by atoms with Crippen LogP contribution in [0.3, 0.4) is 0 Å². The van der Waals surface area contributed by atoms with E-state index in [0.29, 0.717) is 17.7 Å². The zero-order chi connectivity index (χ0) is 19.1. The zero-order valence-electron chi connectivity index (χ0n) is 15.2. The van der Waals surface area contributed by atoms with Gasteiger partial charge in [0.1, 0.15) is 5.69 Å². The summed E-state index contributed by atoms with van der Waals surface area (Å²) in [6, 6.07) is 19.1. The Hall–Kier alpha value is -3.41. The van der Waals surface area contributed by atoms with Gasteiger partial charge >= 0.3 is 0 Å². The van der Waals surface area contributed by atoms with E-state index in [1.807, 2.05) is 67.6 Å². The fourth-order valence-electron chi connectivity index (χ4n) is 2.66. The van der Waals surface area contributed by atoms with Gasteiger partial charge in [0.2, 0.25) is 5.91 Å². The smallest absolute Gasteiger partial charge is 0.273 e. The average Bonchev–Trinajstić information content (AvgIpc) is 3.17. The molecule has 0 saturated heterocycles. The molecule has 0 bridgehead atoms. The lowest BCUT2D eigenvalue weighted by Gasteiger charge is -2.07. The van der Waals surface area contributed by atoms with E-state index in [4.69, 9.17) is 0 Å². The SMILES string of the molecule is CCCCC(=O)NNC(=O)c1cn(-c2ccccc2)nc1-c1ccccc1. The number of hydrogen-bond donors (Lipinski definition) is 2. The topological polar surface area (TPSA) is 76.0 Å². The molecule has 0 atom stereocenters. The maximum Gasteiger partial charge on any atom is 0.273 e. The Bertz CT molecular complexity index is 904. The molecule has 138 valence electrons. The largest absolute Gasteiger partial charge is 0.273 e. The van der Waals surface area contributed by atoms with Gasteiger partial charge in [-0.25, -0.2) is 4.68 Å². The lowest BCUT2D eigenvalue weighted by molar-refractivity contribution is -0.121. The van der Waals surface area contributed by atoms with Crippen molar-refractivity contribution in [3.05, 3.63) is 72.4 Å². The number of hydrazine groups is 1. The summed E-state index contributed by atoms with van der Waals surface area (Å²) in [5, 5.41) is 4.59. The minimum absolute atomic E-state index is 0.207. The highest BCUT2D eigenvalue weighted by molar-refractivity contribution is 6.00. The van der Waals surface area contributed by atoms with E-state index < -0.39 is 5.91 Å². The number of unbranched alkanes of at least 4 members (excludes halogenated alkanes) is 1. The van der Waals surface area contributed by atoms with E-state index in [1.165, 1.54) is 0 Å². The number of amides is 2. The number of para-hydroxylation sites is 1. The van der Waals surface area contributed by atoms with Crippen molar-refractivity contribution >= 4 is 11.8 Å². The molecule has 0 aliphatic carbocycles. The summed E-state index contributed by atoms with van der Waals surface area (Å²) >= 11 is 0. The van der Waals surface area contributed by atoms with E-state index in [0.717, 1.165) is 24.1 Å². The molecule has 0 unspecified atom stereocenters. The fourth-order valence-corrected chi connectivity index (χ4v) is 2.66. The van der Waals surface area contributed by atoms with Crippen molar-refractivity contribution in [2.75, 3.05) is 0 Å². The molecule has 6 heteroatoms. The van der Waals surface area contributed by atoms with E-state index in [1.54, 1.807) is 10.9 Å². The van der Waals surface area contributed by atoms with Crippen LogP contribution in [0.2, 0.25) is 0 Å². The van der Waals surface area contributed by atoms with Gasteiger partial charge in [0.05, 0.1) is 11.3 Å². The van der Waals surface area contributed by atoms with E-state index in [2.05, 4.69) is 16.0 Å². The van der Waals surface area contributed by atoms with Gasteiger partial charge in [0, 0.05) is 18.2 Å². The predicted molar refractivity (Wildman–Crippen MR) is 104 cm³/mol. The normalized spacial score (nSPS) is 10.4. The van der Waals surface area contributed by atoms with Crippen LogP contribution < -0.4 is 10.9 Å². The first-order valence-corrected chi connectivity index (χ1v) is 8.98. The molecule has 2 N–H and O–H groups in total. The molecular formula is C21H22N4O2. The lowest BCUT2D eigenvalue weighted by atomic mass is 10.1. The summed E-state index contributed by atoms with van der Waals surface area (Å²) in [6.45, 7) is 2.01. The minimum atomic E-state index is -0.402. The molecule has 2 amide bonds. The molecule has 0 fully saturated rings. The van der Waals surface area contributed by atoms with Crippen LogP contribution in [0.25, 0.3) is 16.9 Å². The van der Waals surface area contributed by atoms with E-state index in [-0.39, 0.29) is 5.91 Å². The van der Waals surface area contributed by atoms with Gasteiger partial charge < -0.3 is 0 Å². The van der Waals surface area contributed by atoms with Crippen molar-refractivity contribution in [2.24, 2.45) is 0 Å². The second-order valence-corrected chi connectivity index (χ2v) is 6.14. The zero-order valence-corrected chi connectivity index (χ0v) is 15.2. The Balaban J connectivity index is 1.87. The number of carbonyl (C=O) groups excluding carboxylic acids is 2. The summed E-state index contributed by atoms with van der Waals surface area (Å²) in [5.74, 6) is -0.609. The van der Waals surface area contributed by atoms with Gasteiger partial charge in [-0.05, 0) is 18.6 Å². The van der Waals surface area contributed by atoms with Crippen molar-refractivity contribution in [1.29, 1.82) is 0 Å². The molecule has 2 aromatic carbocycles. The van der Waals surface area contributed by atoms with Gasteiger partial charge in [-0.1, -0.05) is 61.9 Å². The molecule has 6 nitrogen and oxygen atoms in total. The molecule has 0 spiro atoms. The van der Waals surface area contributed by atoms with Crippen LogP contribution in [0.5, 0.6) is 0 Å².